The molecule has 0 bridgehead atoms. The van der Waals surface area contributed by atoms with Gasteiger partial charge in [0, 0.05) is 22.4 Å². The molecule has 1 N–H and O–H groups in total. The fourth-order valence-corrected chi connectivity index (χ4v) is 3.91. The Labute approximate surface area is 174 Å². The number of hydrogen-bond donors (Lipinski definition) is 1. The summed E-state index contributed by atoms with van der Waals surface area (Å²) in [5, 5.41) is 11.9. The van der Waals surface area contributed by atoms with Crippen LogP contribution < -0.4 is 9.64 Å². The minimum atomic E-state index is -1.59. The lowest BCUT2D eigenvalue weighted by atomic mass is 9.93. The predicted octanol–water partition coefficient (Wildman–Crippen LogP) is 5.33. The van der Waals surface area contributed by atoms with Crippen molar-refractivity contribution in [2.24, 2.45) is 0 Å². The number of aliphatic hydroxyl groups is 1. The van der Waals surface area contributed by atoms with E-state index in [1.54, 1.807) is 36.4 Å². The topological polar surface area (TPSA) is 49.8 Å². The Balaban J connectivity index is 1.56. The van der Waals surface area contributed by atoms with Crippen LogP contribution in [0.3, 0.4) is 0 Å². The number of fused-ring (bicyclic) bond motifs is 1. The molecule has 1 atom stereocenters. The fourth-order valence-electron chi connectivity index (χ4n) is 3.91. The standard InChI is InChI=1S/C26H19NO3/c28-25-23-13-7-8-14-24(23)26(29,19-9-3-1-4-10-19)27(25)20-15-17-22(18-16-20)30-21-11-5-2-6-12-21/h1-18,29H/t26-/m0/s1. The number of rotatable bonds is 4. The highest BCUT2D eigenvalue weighted by Gasteiger charge is 2.50. The van der Waals surface area contributed by atoms with E-state index in [0.717, 1.165) is 5.75 Å². The van der Waals surface area contributed by atoms with Gasteiger partial charge in [0.25, 0.3) is 5.91 Å². The summed E-state index contributed by atoms with van der Waals surface area (Å²) >= 11 is 0. The molecular weight excluding hydrogens is 374 g/mol. The highest BCUT2D eigenvalue weighted by molar-refractivity contribution is 6.12. The van der Waals surface area contributed by atoms with Gasteiger partial charge in [-0.05, 0) is 42.5 Å². The highest BCUT2D eigenvalue weighted by atomic mass is 16.5. The zero-order valence-electron chi connectivity index (χ0n) is 16.1. The SMILES string of the molecule is O=C1c2ccccc2[C@@](O)(c2ccccc2)N1c1ccc(Oc2ccccc2)cc1. The largest absolute Gasteiger partial charge is 0.457 e. The second-order valence-electron chi connectivity index (χ2n) is 7.13. The van der Waals surface area contributed by atoms with Gasteiger partial charge in [0.2, 0.25) is 0 Å². The molecule has 0 radical (unpaired) electrons. The van der Waals surface area contributed by atoms with Crippen LogP contribution in [0.15, 0.2) is 109 Å². The minimum Gasteiger partial charge on any atom is -0.457 e. The van der Waals surface area contributed by atoms with E-state index in [9.17, 15) is 9.90 Å². The summed E-state index contributed by atoms with van der Waals surface area (Å²) < 4.78 is 5.86. The predicted molar refractivity (Wildman–Crippen MR) is 116 cm³/mol. The number of hydrogen-bond acceptors (Lipinski definition) is 3. The summed E-state index contributed by atoms with van der Waals surface area (Å²) in [6.07, 6.45) is 0. The van der Waals surface area contributed by atoms with E-state index in [-0.39, 0.29) is 5.91 Å². The van der Waals surface area contributed by atoms with E-state index in [2.05, 4.69) is 0 Å². The second-order valence-corrected chi connectivity index (χ2v) is 7.13. The van der Waals surface area contributed by atoms with Crippen LogP contribution in [0.25, 0.3) is 0 Å². The lowest BCUT2D eigenvalue weighted by Crippen LogP contribution is -2.45. The molecule has 1 aliphatic heterocycles. The molecule has 0 aromatic heterocycles. The van der Waals surface area contributed by atoms with Crippen LogP contribution >= 0.6 is 0 Å². The van der Waals surface area contributed by atoms with E-state index in [0.29, 0.717) is 28.1 Å². The van der Waals surface area contributed by atoms with Crippen molar-refractivity contribution in [1.29, 1.82) is 0 Å². The smallest absolute Gasteiger partial charge is 0.261 e. The molecule has 146 valence electrons. The van der Waals surface area contributed by atoms with E-state index in [4.69, 9.17) is 4.74 Å². The molecule has 0 saturated heterocycles. The Morgan fingerprint density at radius 1 is 0.667 bits per heavy atom. The third kappa shape index (κ3) is 2.86. The van der Waals surface area contributed by atoms with Gasteiger partial charge in [-0.25, -0.2) is 0 Å². The molecule has 30 heavy (non-hydrogen) atoms. The summed E-state index contributed by atoms with van der Waals surface area (Å²) in [4.78, 5) is 14.7. The normalized spacial score (nSPS) is 17.6. The third-order valence-corrected chi connectivity index (χ3v) is 5.31. The Hall–Kier alpha value is -3.89. The number of benzene rings is 4. The third-order valence-electron chi connectivity index (χ3n) is 5.31. The first kappa shape index (κ1) is 18.2. The number of para-hydroxylation sites is 1. The second kappa shape index (κ2) is 7.17. The van der Waals surface area contributed by atoms with E-state index in [1.807, 2.05) is 72.8 Å². The average Bonchev–Trinajstić information content (AvgIpc) is 3.04. The molecule has 0 saturated carbocycles. The first-order valence-corrected chi connectivity index (χ1v) is 9.73. The van der Waals surface area contributed by atoms with Gasteiger partial charge in [0.1, 0.15) is 11.5 Å². The van der Waals surface area contributed by atoms with Gasteiger partial charge in [-0.2, -0.15) is 0 Å². The van der Waals surface area contributed by atoms with Gasteiger partial charge in [-0.15, -0.1) is 0 Å². The van der Waals surface area contributed by atoms with Crippen molar-refractivity contribution in [2.75, 3.05) is 4.90 Å². The molecule has 4 aromatic rings. The van der Waals surface area contributed by atoms with Crippen molar-refractivity contribution in [2.45, 2.75) is 5.72 Å². The maximum atomic E-state index is 13.3. The van der Waals surface area contributed by atoms with Crippen LogP contribution in [0.2, 0.25) is 0 Å². The lowest BCUT2D eigenvalue weighted by Gasteiger charge is -2.35. The number of nitrogens with zero attached hydrogens (tertiary/aromatic N) is 1. The molecule has 0 unspecified atom stereocenters. The molecule has 1 aliphatic rings. The summed E-state index contributed by atoms with van der Waals surface area (Å²) in [5.74, 6) is 1.14. The van der Waals surface area contributed by atoms with Crippen LogP contribution in [-0.2, 0) is 5.72 Å². The molecule has 4 nitrogen and oxygen atoms in total. The van der Waals surface area contributed by atoms with Gasteiger partial charge in [0.05, 0.1) is 0 Å². The van der Waals surface area contributed by atoms with Gasteiger partial charge >= 0.3 is 0 Å². The number of ether oxygens (including phenoxy) is 1. The number of anilines is 1. The van der Waals surface area contributed by atoms with E-state index >= 15 is 0 Å². The minimum absolute atomic E-state index is 0.242. The Kier molecular flexibility index (Phi) is 4.34. The highest BCUT2D eigenvalue weighted by Crippen LogP contribution is 2.45. The lowest BCUT2D eigenvalue weighted by molar-refractivity contribution is 0.0703. The van der Waals surface area contributed by atoms with Crippen molar-refractivity contribution in [3.8, 4) is 11.5 Å². The molecule has 0 spiro atoms. The monoisotopic (exact) mass is 393 g/mol. The van der Waals surface area contributed by atoms with E-state index < -0.39 is 5.72 Å². The number of amides is 1. The molecule has 0 fully saturated rings. The van der Waals surface area contributed by atoms with Gasteiger partial charge < -0.3 is 9.84 Å². The van der Waals surface area contributed by atoms with Crippen LogP contribution in [0, 0.1) is 0 Å². The first-order valence-electron chi connectivity index (χ1n) is 9.73. The van der Waals surface area contributed by atoms with Crippen molar-refractivity contribution in [3.63, 3.8) is 0 Å². The maximum absolute atomic E-state index is 13.3. The quantitative estimate of drug-likeness (QED) is 0.510. The first-order chi connectivity index (χ1) is 14.7. The number of carbonyl (C=O) groups is 1. The summed E-state index contributed by atoms with van der Waals surface area (Å²) in [5.41, 5.74) is 0.701. The van der Waals surface area contributed by atoms with Gasteiger partial charge in [0.15, 0.2) is 5.72 Å². The van der Waals surface area contributed by atoms with Crippen LogP contribution in [0.1, 0.15) is 21.5 Å². The summed E-state index contributed by atoms with van der Waals surface area (Å²) in [6, 6.07) is 33.1. The zero-order valence-corrected chi connectivity index (χ0v) is 16.1. The molecule has 5 rings (SSSR count). The molecule has 1 amide bonds. The summed E-state index contributed by atoms with van der Waals surface area (Å²) in [7, 11) is 0. The molecule has 4 heteroatoms. The molecular formula is C26H19NO3. The number of carbonyl (C=O) groups excluding carboxylic acids is 1. The Morgan fingerprint density at radius 2 is 1.23 bits per heavy atom. The maximum Gasteiger partial charge on any atom is 0.261 e. The van der Waals surface area contributed by atoms with Crippen molar-refractivity contribution in [1.82, 2.24) is 0 Å². The average molecular weight is 393 g/mol. The van der Waals surface area contributed by atoms with E-state index in [1.165, 1.54) is 4.90 Å². The Bertz CT molecular complexity index is 1190. The van der Waals surface area contributed by atoms with Crippen LogP contribution in [0.5, 0.6) is 11.5 Å². The van der Waals surface area contributed by atoms with Gasteiger partial charge in [-0.3, -0.25) is 9.69 Å². The van der Waals surface area contributed by atoms with Crippen molar-refractivity contribution >= 4 is 11.6 Å². The molecule has 4 aromatic carbocycles. The van der Waals surface area contributed by atoms with Crippen molar-refractivity contribution < 1.29 is 14.6 Å². The van der Waals surface area contributed by atoms with Gasteiger partial charge in [-0.1, -0.05) is 66.7 Å². The van der Waals surface area contributed by atoms with Crippen LogP contribution in [-0.4, -0.2) is 11.0 Å². The Morgan fingerprint density at radius 3 is 1.93 bits per heavy atom. The van der Waals surface area contributed by atoms with Crippen molar-refractivity contribution in [3.05, 3.63) is 126 Å². The fraction of sp³-hybridized carbons (Fsp3) is 0.0385. The molecule has 1 heterocycles. The van der Waals surface area contributed by atoms with Crippen LogP contribution in [0.4, 0.5) is 5.69 Å². The zero-order chi connectivity index (χ0) is 20.6. The summed E-state index contributed by atoms with van der Waals surface area (Å²) in [6.45, 7) is 0. The molecule has 0 aliphatic carbocycles.